The van der Waals surface area contributed by atoms with Crippen molar-refractivity contribution in [2.24, 2.45) is 0 Å². The first-order valence-electron chi connectivity index (χ1n) is 6.92. The third-order valence-electron chi connectivity index (χ3n) is 3.10. The molecule has 0 radical (unpaired) electrons. The SMILES string of the molecule is C[C@@H](NS(=O)(=O)c1ccccc1)C(=O)Nc1cccc([N+](=O)[O-])c1. The normalized spacial score (nSPS) is 12.4. The van der Waals surface area contributed by atoms with Crippen LogP contribution in [0.15, 0.2) is 59.5 Å². The second-order valence-electron chi connectivity index (χ2n) is 4.95. The zero-order chi connectivity index (χ0) is 17.7. The molecule has 2 aromatic carbocycles. The van der Waals surface area contributed by atoms with Crippen LogP contribution in [0.3, 0.4) is 0 Å². The van der Waals surface area contributed by atoms with Gasteiger partial charge in [0.15, 0.2) is 0 Å². The Balaban J connectivity index is 2.07. The van der Waals surface area contributed by atoms with Crippen molar-refractivity contribution in [1.82, 2.24) is 4.72 Å². The number of hydrogen-bond donors (Lipinski definition) is 2. The number of amides is 1. The van der Waals surface area contributed by atoms with Gasteiger partial charge in [-0.15, -0.1) is 0 Å². The number of benzene rings is 2. The summed E-state index contributed by atoms with van der Waals surface area (Å²) in [7, 11) is -3.84. The molecule has 1 amide bonds. The minimum absolute atomic E-state index is 0.0417. The Hall–Kier alpha value is -2.78. The number of sulfonamides is 1. The van der Waals surface area contributed by atoms with Gasteiger partial charge in [0.1, 0.15) is 0 Å². The van der Waals surface area contributed by atoms with Crippen LogP contribution in [0, 0.1) is 10.1 Å². The minimum atomic E-state index is -3.84. The molecule has 0 aromatic heterocycles. The van der Waals surface area contributed by atoms with Crippen molar-refractivity contribution in [3.8, 4) is 0 Å². The zero-order valence-electron chi connectivity index (χ0n) is 12.7. The molecule has 0 aliphatic heterocycles. The van der Waals surface area contributed by atoms with Crippen molar-refractivity contribution in [1.29, 1.82) is 0 Å². The van der Waals surface area contributed by atoms with Gasteiger partial charge in [-0.3, -0.25) is 14.9 Å². The number of rotatable bonds is 6. The fourth-order valence-corrected chi connectivity index (χ4v) is 3.13. The first kappa shape index (κ1) is 17.6. The van der Waals surface area contributed by atoms with Gasteiger partial charge in [-0.2, -0.15) is 4.72 Å². The maximum atomic E-state index is 12.2. The van der Waals surface area contributed by atoms with Gasteiger partial charge in [-0.05, 0) is 25.1 Å². The largest absolute Gasteiger partial charge is 0.324 e. The lowest BCUT2D eigenvalue weighted by atomic mass is 10.2. The molecule has 0 spiro atoms. The molecule has 126 valence electrons. The Morgan fingerprint density at radius 2 is 1.79 bits per heavy atom. The fourth-order valence-electron chi connectivity index (χ4n) is 1.90. The molecule has 0 aliphatic rings. The first-order valence-corrected chi connectivity index (χ1v) is 8.40. The quantitative estimate of drug-likeness (QED) is 0.610. The van der Waals surface area contributed by atoms with Crippen LogP contribution in [0.1, 0.15) is 6.92 Å². The van der Waals surface area contributed by atoms with Crippen LogP contribution in [-0.4, -0.2) is 25.3 Å². The highest BCUT2D eigenvalue weighted by Crippen LogP contribution is 2.17. The third kappa shape index (κ3) is 4.37. The highest BCUT2D eigenvalue weighted by atomic mass is 32.2. The van der Waals surface area contributed by atoms with Crippen LogP contribution in [0.4, 0.5) is 11.4 Å². The molecule has 0 bridgehead atoms. The fraction of sp³-hybridized carbons (Fsp3) is 0.133. The molecule has 0 saturated carbocycles. The van der Waals surface area contributed by atoms with E-state index in [9.17, 15) is 23.3 Å². The minimum Gasteiger partial charge on any atom is -0.324 e. The number of hydrogen-bond acceptors (Lipinski definition) is 5. The molecule has 2 N–H and O–H groups in total. The molecule has 0 unspecified atom stereocenters. The zero-order valence-corrected chi connectivity index (χ0v) is 13.5. The van der Waals surface area contributed by atoms with E-state index in [-0.39, 0.29) is 16.3 Å². The van der Waals surface area contributed by atoms with Crippen LogP contribution in [0.25, 0.3) is 0 Å². The van der Waals surface area contributed by atoms with E-state index in [0.717, 1.165) is 0 Å². The number of nitrogens with zero attached hydrogens (tertiary/aromatic N) is 1. The van der Waals surface area contributed by atoms with E-state index in [1.807, 2.05) is 0 Å². The van der Waals surface area contributed by atoms with Crippen molar-refractivity contribution in [2.75, 3.05) is 5.32 Å². The first-order chi connectivity index (χ1) is 11.3. The van der Waals surface area contributed by atoms with Crippen molar-refractivity contribution >= 4 is 27.3 Å². The van der Waals surface area contributed by atoms with Crippen LogP contribution >= 0.6 is 0 Å². The Kier molecular flexibility index (Phi) is 5.27. The topological polar surface area (TPSA) is 118 Å². The summed E-state index contributed by atoms with van der Waals surface area (Å²) in [6, 6.07) is 12.0. The standard InChI is InChI=1S/C15H15N3O5S/c1-11(17-24(22,23)14-8-3-2-4-9-14)15(19)16-12-6-5-7-13(10-12)18(20)21/h2-11,17H,1H3,(H,16,19)/t11-/m1/s1. The second-order valence-corrected chi connectivity index (χ2v) is 6.67. The molecule has 9 heteroatoms. The highest BCUT2D eigenvalue weighted by Gasteiger charge is 2.22. The molecule has 0 fully saturated rings. The van der Waals surface area contributed by atoms with Gasteiger partial charge in [0.05, 0.1) is 15.9 Å². The maximum Gasteiger partial charge on any atom is 0.271 e. The van der Waals surface area contributed by atoms with Crippen molar-refractivity contribution in [3.63, 3.8) is 0 Å². The predicted molar refractivity (Wildman–Crippen MR) is 88.0 cm³/mol. The number of nitro groups is 1. The summed E-state index contributed by atoms with van der Waals surface area (Å²) in [5.41, 5.74) is 0.0327. The predicted octanol–water partition coefficient (Wildman–Crippen LogP) is 1.90. The van der Waals surface area contributed by atoms with Crippen molar-refractivity contribution in [3.05, 3.63) is 64.7 Å². The Labute approximate surface area is 138 Å². The van der Waals surface area contributed by atoms with E-state index < -0.39 is 26.9 Å². The van der Waals surface area contributed by atoms with Crippen molar-refractivity contribution < 1.29 is 18.1 Å². The number of nitrogens with one attached hydrogen (secondary N) is 2. The van der Waals surface area contributed by atoms with Crippen LogP contribution in [-0.2, 0) is 14.8 Å². The van der Waals surface area contributed by atoms with Crippen LogP contribution in [0.2, 0.25) is 0 Å². The summed E-state index contributed by atoms with van der Waals surface area (Å²) in [5.74, 6) is -0.630. The maximum absolute atomic E-state index is 12.2. The lowest BCUT2D eigenvalue weighted by Crippen LogP contribution is -2.41. The monoisotopic (exact) mass is 349 g/mol. The smallest absolute Gasteiger partial charge is 0.271 e. The number of anilines is 1. The average Bonchev–Trinajstić information content (AvgIpc) is 2.55. The Bertz CT molecular complexity index is 852. The lowest BCUT2D eigenvalue weighted by molar-refractivity contribution is -0.384. The van der Waals surface area contributed by atoms with Gasteiger partial charge in [0, 0.05) is 17.8 Å². The molecule has 1 atom stereocenters. The van der Waals surface area contributed by atoms with E-state index in [1.165, 1.54) is 43.3 Å². The van der Waals surface area contributed by atoms with Crippen molar-refractivity contribution in [2.45, 2.75) is 17.9 Å². The molecular formula is C15H15N3O5S. The number of nitro benzene ring substituents is 1. The van der Waals surface area contributed by atoms with Gasteiger partial charge >= 0.3 is 0 Å². The van der Waals surface area contributed by atoms with Gasteiger partial charge in [0.25, 0.3) is 5.69 Å². The third-order valence-corrected chi connectivity index (χ3v) is 4.66. The summed E-state index contributed by atoms with van der Waals surface area (Å²) in [6.45, 7) is 1.38. The number of carbonyl (C=O) groups excluding carboxylic acids is 1. The van der Waals surface area contributed by atoms with Crippen LogP contribution < -0.4 is 10.0 Å². The van der Waals surface area contributed by atoms with E-state index >= 15 is 0 Å². The molecule has 0 heterocycles. The highest BCUT2D eigenvalue weighted by molar-refractivity contribution is 7.89. The lowest BCUT2D eigenvalue weighted by Gasteiger charge is -2.14. The Morgan fingerprint density at radius 3 is 2.42 bits per heavy atom. The van der Waals surface area contributed by atoms with Gasteiger partial charge in [-0.1, -0.05) is 24.3 Å². The van der Waals surface area contributed by atoms with E-state index in [4.69, 9.17) is 0 Å². The molecule has 24 heavy (non-hydrogen) atoms. The summed E-state index contributed by atoms with van der Waals surface area (Å²) in [4.78, 5) is 22.3. The molecule has 2 rings (SSSR count). The molecule has 2 aromatic rings. The summed E-state index contributed by atoms with van der Waals surface area (Å²) < 4.78 is 26.6. The average molecular weight is 349 g/mol. The van der Waals surface area contributed by atoms with E-state index in [2.05, 4.69) is 10.0 Å². The second kappa shape index (κ2) is 7.20. The van der Waals surface area contributed by atoms with E-state index in [0.29, 0.717) is 0 Å². The summed E-state index contributed by atoms with van der Waals surface area (Å²) in [6.07, 6.45) is 0. The summed E-state index contributed by atoms with van der Waals surface area (Å²) in [5, 5.41) is 13.2. The molecule has 0 saturated heterocycles. The van der Waals surface area contributed by atoms with E-state index in [1.54, 1.807) is 18.2 Å². The van der Waals surface area contributed by atoms with Gasteiger partial charge in [0.2, 0.25) is 15.9 Å². The molecule has 8 nitrogen and oxygen atoms in total. The molecular weight excluding hydrogens is 334 g/mol. The number of non-ortho nitro benzene ring substituents is 1. The summed E-state index contributed by atoms with van der Waals surface area (Å²) >= 11 is 0. The van der Waals surface area contributed by atoms with Gasteiger partial charge in [-0.25, -0.2) is 8.42 Å². The molecule has 0 aliphatic carbocycles. The van der Waals surface area contributed by atoms with Crippen LogP contribution in [0.5, 0.6) is 0 Å². The van der Waals surface area contributed by atoms with Gasteiger partial charge < -0.3 is 5.32 Å². The number of carbonyl (C=O) groups is 1. The Morgan fingerprint density at radius 1 is 1.12 bits per heavy atom.